The number of hydrogen-bond donors (Lipinski definition) is 2. The number of benzene rings is 2. The van der Waals surface area contributed by atoms with Crippen molar-refractivity contribution in [3.05, 3.63) is 75.7 Å². The Hall–Kier alpha value is -3.65. The van der Waals surface area contributed by atoms with Crippen LogP contribution in [-0.4, -0.2) is 29.9 Å². The summed E-state index contributed by atoms with van der Waals surface area (Å²) in [5, 5.41) is 5.87. The van der Waals surface area contributed by atoms with E-state index in [1.807, 2.05) is 42.6 Å². The number of anilines is 2. The largest absolute Gasteiger partial charge is 0.487 e. The molecule has 0 radical (unpaired) electrons. The van der Waals surface area contributed by atoms with E-state index in [2.05, 4.69) is 15.2 Å². The first-order valence-electron chi connectivity index (χ1n) is 10.8. The summed E-state index contributed by atoms with van der Waals surface area (Å²) in [7, 11) is 0. The zero-order valence-corrected chi connectivity index (χ0v) is 19.2. The number of hydrogen-bond acceptors (Lipinski definition) is 6. The van der Waals surface area contributed by atoms with Crippen LogP contribution in [0.4, 0.5) is 11.4 Å². The van der Waals surface area contributed by atoms with Gasteiger partial charge < -0.3 is 20.7 Å². The second kappa shape index (κ2) is 10.3. The molecule has 33 heavy (non-hydrogen) atoms. The van der Waals surface area contributed by atoms with Crippen LogP contribution in [0.3, 0.4) is 0 Å². The summed E-state index contributed by atoms with van der Waals surface area (Å²) >= 11 is 1.58. The number of aryl methyl sites for hydroxylation is 1. The molecule has 0 bridgehead atoms. The van der Waals surface area contributed by atoms with Gasteiger partial charge in [-0.2, -0.15) is 0 Å². The summed E-state index contributed by atoms with van der Waals surface area (Å²) in [6.45, 7) is 4.15. The molecule has 1 fully saturated rings. The summed E-state index contributed by atoms with van der Waals surface area (Å²) in [4.78, 5) is 31.0. The third-order valence-electron chi connectivity index (χ3n) is 5.36. The molecule has 2 aromatic carbocycles. The lowest BCUT2D eigenvalue weighted by molar-refractivity contribution is -0.111. The fourth-order valence-electron chi connectivity index (χ4n) is 3.74. The Bertz CT molecular complexity index is 1180. The van der Waals surface area contributed by atoms with Crippen LogP contribution in [0.2, 0.25) is 0 Å². The van der Waals surface area contributed by atoms with E-state index < -0.39 is 5.91 Å². The van der Waals surface area contributed by atoms with Gasteiger partial charge in [-0.3, -0.25) is 9.59 Å². The van der Waals surface area contributed by atoms with Crippen LogP contribution in [-0.2, 0) is 11.4 Å². The molecule has 3 N–H and O–H groups in total. The number of thiazole rings is 1. The van der Waals surface area contributed by atoms with Gasteiger partial charge in [0.25, 0.3) is 0 Å². The monoisotopic (exact) mass is 462 g/mol. The van der Waals surface area contributed by atoms with Crippen molar-refractivity contribution >= 4 is 40.6 Å². The van der Waals surface area contributed by atoms with Gasteiger partial charge in [0, 0.05) is 35.7 Å². The molecule has 0 unspecified atom stereocenters. The Balaban J connectivity index is 1.48. The first-order chi connectivity index (χ1) is 16.0. The summed E-state index contributed by atoms with van der Waals surface area (Å²) in [5.74, 6) is -0.168. The van der Waals surface area contributed by atoms with Gasteiger partial charge in [-0.25, -0.2) is 4.98 Å². The van der Waals surface area contributed by atoms with Crippen LogP contribution < -0.4 is 20.7 Å². The second-order valence-corrected chi connectivity index (χ2v) is 8.86. The number of para-hydroxylation sites is 1. The molecule has 3 aromatic rings. The highest BCUT2D eigenvalue weighted by molar-refractivity contribution is 7.09. The predicted molar refractivity (Wildman–Crippen MR) is 132 cm³/mol. The molecule has 0 aliphatic carbocycles. The standard InChI is InChI=1S/C25H26N4O3S/c1-17-27-20(16-33-17)15-32-23-7-3-2-6-18(23)9-11-24(30)28-21-14-19(25(26)31)8-10-22(21)29-12-4-5-13-29/h2-3,6-11,14,16H,4-5,12-13,15H2,1H3,(H2,26,31)(H,28,30)/b11-9+. The third kappa shape index (κ3) is 5.78. The van der Waals surface area contributed by atoms with Crippen LogP contribution in [0.25, 0.3) is 6.08 Å². The lowest BCUT2D eigenvalue weighted by Crippen LogP contribution is -2.21. The molecule has 170 valence electrons. The van der Waals surface area contributed by atoms with Gasteiger partial charge >= 0.3 is 0 Å². The molecule has 2 heterocycles. The van der Waals surface area contributed by atoms with E-state index in [-0.39, 0.29) is 5.91 Å². The Morgan fingerprint density at radius 3 is 2.73 bits per heavy atom. The number of nitrogens with two attached hydrogens (primary N) is 1. The summed E-state index contributed by atoms with van der Waals surface area (Å²) in [6.07, 6.45) is 5.37. The van der Waals surface area contributed by atoms with E-state index in [9.17, 15) is 9.59 Å². The van der Waals surface area contributed by atoms with E-state index in [0.29, 0.717) is 23.6 Å². The number of nitrogens with one attached hydrogen (secondary N) is 1. The van der Waals surface area contributed by atoms with E-state index in [0.717, 1.165) is 47.9 Å². The van der Waals surface area contributed by atoms with Crippen LogP contribution in [0.1, 0.15) is 39.5 Å². The van der Waals surface area contributed by atoms with Crippen LogP contribution in [0.15, 0.2) is 53.9 Å². The molecule has 2 amide bonds. The molecule has 0 saturated carbocycles. The Morgan fingerprint density at radius 1 is 1.21 bits per heavy atom. The molecule has 8 heteroatoms. The lowest BCUT2D eigenvalue weighted by atomic mass is 10.1. The van der Waals surface area contributed by atoms with Gasteiger partial charge in [0.15, 0.2) is 0 Å². The van der Waals surface area contributed by atoms with Crippen molar-refractivity contribution in [1.29, 1.82) is 0 Å². The van der Waals surface area contributed by atoms with Crippen molar-refractivity contribution in [2.24, 2.45) is 5.73 Å². The third-order valence-corrected chi connectivity index (χ3v) is 6.18. The molecule has 7 nitrogen and oxygen atoms in total. The van der Waals surface area contributed by atoms with E-state index in [4.69, 9.17) is 10.5 Å². The minimum Gasteiger partial charge on any atom is -0.487 e. The highest BCUT2D eigenvalue weighted by Crippen LogP contribution is 2.30. The molecule has 1 aliphatic rings. The Morgan fingerprint density at radius 2 is 2.00 bits per heavy atom. The lowest BCUT2D eigenvalue weighted by Gasteiger charge is -2.22. The molecule has 1 saturated heterocycles. The second-order valence-electron chi connectivity index (χ2n) is 7.80. The van der Waals surface area contributed by atoms with Gasteiger partial charge in [0.1, 0.15) is 12.4 Å². The van der Waals surface area contributed by atoms with Crippen molar-refractivity contribution in [1.82, 2.24) is 4.98 Å². The quantitative estimate of drug-likeness (QED) is 0.484. The number of aromatic nitrogens is 1. The summed E-state index contributed by atoms with van der Waals surface area (Å²) in [6, 6.07) is 12.7. The number of carbonyl (C=O) groups excluding carboxylic acids is 2. The molecule has 1 aliphatic heterocycles. The molecule has 0 atom stereocenters. The Kier molecular flexibility index (Phi) is 7.04. The summed E-state index contributed by atoms with van der Waals surface area (Å²) in [5.41, 5.74) is 8.92. The molecule has 0 spiro atoms. The molecular weight excluding hydrogens is 436 g/mol. The first-order valence-corrected chi connectivity index (χ1v) is 11.7. The maximum atomic E-state index is 12.7. The highest BCUT2D eigenvalue weighted by atomic mass is 32.1. The number of amides is 2. The molecule has 4 rings (SSSR count). The van der Waals surface area contributed by atoms with E-state index in [1.54, 1.807) is 29.5 Å². The topological polar surface area (TPSA) is 97.5 Å². The average molecular weight is 463 g/mol. The highest BCUT2D eigenvalue weighted by Gasteiger charge is 2.18. The summed E-state index contributed by atoms with van der Waals surface area (Å²) < 4.78 is 5.92. The number of primary amides is 1. The van der Waals surface area contributed by atoms with Crippen LogP contribution >= 0.6 is 11.3 Å². The fourth-order valence-corrected chi connectivity index (χ4v) is 4.34. The van der Waals surface area contributed by atoms with Gasteiger partial charge in [-0.05, 0) is 50.1 Å². The fraction of sp³-hybridized carbons (Fsp3) is 0.240. The maximum absolute atomic E-state index is 12.7. The number of nitrogens with zero attached hydrogens (tertiary/aromatic N) is 2. The van der Waals surface area contributed by atoms with Gasteiger partial charge in [-0.15, -0.1) is 11.3 Å². The van der Waals surface area contributed by atoms with Crippen molar-refractivity contribution in [3.63, 3.8) is 0 Å². The SMILES string of the molecule is Cc1nc(COc2ccccc2/C=C/C(=O)Nc2cc(C(N)=O)ccc2N2CCCC2)cs1. The van der Waals surface area contributed by atoms with Crippen LogP contribution in [0.5, 0.6) is 5.75 Å². The minimum atomic E-state index is -0.532. The van der Waals surface area contributed by atoms with Gasteiger partial charge in [-0.1, -0.05) is 18.2 Å². The zero-order valence-electron chi connectivity index (χ0n) is 18.4. The van der Waals surface area contributed by atoms with Crippen LogP contribution in [0, 0.1) is 6.92 Å². The zero-order chi connectivity index (χ0) is 23.2. The smallest absolute Gasteiger partial charge is 0.248 e. The molecule has 1 aromatic heterocycles. The van der Waals surface area contributed by atoms with E-state index >= 15 is 0 Å². The average Bonchev–Trinajstić information content (AvgIpc) is 3.48. The van der Waals surface area contributed by atoms with Crippen molar-refractivity contribution in [3.8, 4) is 5.75 Å². The number of ether oxygens (including phenoxy) is 1. The van der Waals surface area contributed by atoms with E-state index in [1.165, 1.54) is 6.08 Å². The molecular formula is C25H26N4O3S. The predicted octanol–water partition coefficient (Wildman–Crippen LogP) is 4.38. The first kappa shape index (κ1) is 22.5. The minimum absolute atomic E-state index is 0.304. The van der Waals surface area contributed by atoms with Crippen molar-refractivity contribution in [2.45, 2.75) is 26.4 Å². The van der Waals surface area contributed by atoms with Gasteiger partial charge in [0.2, 0.25) is 11.8 Å². The number of rotatable bonds is 8. The Labute approximate surface area is 196 Å². The van der Waals surface area contributed by atoms with Crippen molar-refractivity contribution in [2.75, 3.05) is 23.3 Å². The van der Waals surface area contributed by atoms with Gasteiger partial charge in [0.05, 0.1) is 22.1 Å². The van der Waals surface area contributed by atoms with Crippen molar-refractivity contribution < 1.29 is 14.3 Å². The normalized spacial score (nSPS) is 13.4. The number of carbonyl (C=O) groups is 2. The maximum Gasteiger partial charge on any atom is 0.248 e.